The Hall–Kier alpha value is -4.03. The molecule has 3 aromatic carbocycles. The molecule has 1 atom stereocenters. The van der Waals surface area contributed by atoms with Crippen LogP contribution >= 0.6 is 11.3 Å². The third-order valence-corrected chi connectivity index (χ3v) is 7.02. The average molecular weight is 480 g/mol. The van der Waals surface area contributed by atoms with Crippen molar-refractivity contribution in [1.29, 1.82) is 0 Å². The summed E-state index contributed by atoms with van der Waals surface area (Å²) in [4.78, 5) is 31.9. The number of nitrogens with one attached hydrogen (secondary N) is 1. The molecule has 0 saturated carbocycles. The van der Waals surface area contributed by atoms with Gasteiger partial charge < -0.3 is 5.32 Å². The largest absolute Gasteiger partial charge is 0.324 e. The van der Waals surface area contributed by atoms with Crippen molar-refractivity contribution in [2.45, 2.75) is 26.3 Å². The standard InChI is InChI=1S/C29H25N3O2S/c1-3-25(27(33)31-23-11-7-8-19(2)16-23)32-18-30-28-26(29(32)34)24(17-35-28)22-14-12-21(13-15-22)20-9-5-4-6-10-20/h4-18,25H,3H2,1-2H3,(H,31,33). The summed E-state index contributed by atoms with van der Waals surface area (Å²) in [6, 6.07) is 25.3. The number of amides is 1. The number of benzene rings is 3. The molecule has 1 unspecified atom stereocenters. The van der Waals surface area contributed by atoms with Gasteiger partial charge in [-0.25, -0.2) is 4.98 Å². The van der Waals surface area contributed by atoms with Gasteiger partial charge in [0.05, 0.1) is 11.7 Å². The highest BCUT2D eigenvalue weighted by Crippen LogP contribution is 2.32. The van der Waals surface area contributed by atoms with Crippen LogP contribution in [0.3, 0.4) is 0 Å². The maximum absolute atomic E-state index is 13.6. The van der Waals surface area contributed by atoms with Crippen LogP contribution in [0.25, 0.3) is 32.5 Å². The van der Waals surface area contributed by atoms with Crippen molar-refractivity contribution in [3.05, 3.63) is 106 Å². The van der Waals surface area contributed by atoms with Crippen LogP contribution in [0.5, 0.6) is 0 Å². The van der Waals surface area contributed by atoms with Crippen LogP contribution in [0.4, 0.5) is 5.69 Å². The molecule has 0 aliphatic rings. The predicted octanol–water partition coefficient (Wildman–Crippen LogP) is 6.69. The summed E-state index contributed by atoms with van der Waals surface area (Å²) >= 11 is 1.44. The second-order valence-electron chi connectivity index (χ2n) is 8.51. The fraction of sp³-hybridized carbons (Fsp3) is 0.138. The van der Waals surface area contributed by atoms with Gasteiger partial charge in [-0.1, -0.05) is 73.7 Å². The second kappa shape index (κ2) is 9.68. The van der Waals surface area contributed by atoms with Gasteiger partial charge in [-0.05, 0) is 47.7 Å². The first-order chi connectivity index (χ1) is 17.0. The summed E-state index contributed by atoms with van der Waals surface area (Å²) in [7, 11) is 0. The number of carbonyl (C=O) groups excluding carboxylic acids is 1. The van der Waals surface area contributed by atoms with Gasteiger partial charge in [0.25, 0.3) is 5.56 Å². The minimum absolute atomic E-state index is 0.204. The zero-order valence-electron chi connectivity index (χ0n) is 19.6. The highest BCUT2D eigenvalue weighted by molar-refractivity contribution is 7.17. The molecule has 0 aliphatic carbocycles. The van der Waals surface area contributed by atoms with E-state index in [-0.39, 0.29) is 11.5 Å². The molecule has 2 heterocycles. The number of fused-ring (bicyclic) bond motifs is 1. The van der Waals surface area contributed by atoms with E-state index in [0.717, 1.165) is 27.8 Å². The molecular weight excluding hydrogens is 454 g/mol. The third-order valence-electron chi connectivity index (χ3n) is 6.13. The quantitative estimate of drug-likeness (QED) is 0.295. The molecule has 2 aromatic heterocycles. The number of anilines is 1. The highest BCUT2D eigenvalue weighted by atomic mass is 32.1. The van der Waals surface area contributed by atoms with Crippen molar-refractivity contribution < 1.29 is 4.79 Å². The van der Waals surface area contributed by atoms with Gasteiger partial charge in [0.1, 0.15) is 10.9 Å². The molecule has 6 heteroatoms. The molecule has 5 aromatic rings. The Morgan fingerprint density at radius 1 is 0.971 bits per heavy atom. The smallest absolute Gasteiger partial charge is 0.263 e. The normalized spacial score (nSPS) is 11.9. The Kier molecular flexibility index (Phi) is 6.29. The topological polar surface area (TPSA) is 64.0 Å². The van der Waals surface area contributed by atoms with Crippen LogP contribution in [0.15, 0.2) is 95.4 Å². The van der Waals surface area contributed by atoms with E-state index in [0.29, 0.717) is 22.3 Å². The van der Waals surface area contributed by atoms with Crippen LogP contribution in [0.2, 0.25) is 0 Å². The van der Waals surface area contributed by atoms with Gasteiger partial charge >= 0.3 is 0 Å². The van der Waals surface area contributed by atoms with Crippen LogP contribution in [0.1, 0.15) is 24.9 Å². The number of aryl methyl sites for hydroxylation is 1. The first-order valence-electron chi connectivity index (χ1n) is 11.6. The highest BCUT2D eigenvalue weighted by Gasteiger charge is 2.23. The van der Waals surface area contributed by atoms with Gasteiger partial charge in [0.15, 0.2) is 0 Å². The van der Waals surface area contributed by atoms with E-state index in [2.05, 4.69) is 34.6 Å². The molecule has 0 bridgehead atoms. The Balaban J connectivity index is 1.50. The summed E-state index contributed by atoms with van der Waals surface area (Å²) in [6.45, 7) is 3.87. The summed E-state index contributed by atoms with van der Waals surface area (Å²) in [5.41, 5.74) is 5.61. The first-order valence-corrected chi connectivity index (χ1v) is 12.4. The SMILES string of the molecule is CCC(C(=O)Nc1cccc(C)c1)n1cnc2scc(-c3ccc(-c4ccccc4)cc3)c2c1=O. The maximum atomic E-state index is 13.6. The molecule has 0 radical (unpaired) electrons. The lowest BCUT2D eigenvalue weighted by Gasteiger charge is -2.18. The minimum atomic E-state index is -0.659. The summed E-state index contributed by atoms with van der Waals surface area (Å²) in [5, 5.41) is 5.46. The van der Waals surface area contributed by atoms with Gasteiger partial charge in [-0.15, -0.1) is 11.3 Å². The lowest BCUT2D eigenvalue weighted by molar-refractivity contribution is -0.119. The second-order valence-corrected chi connectivity index (χ2v) is 9.37. The fourth-order valence-electron chi connectivity index (χ4n) is 4.31. The third kappa shape index (κ3) is 4.53. The van der Waals surface area contributed by atoms with Gasteiger partial charge in [-0.3, -0.25) is 14.2 Å². The van der Waals surface area contributed by atoms with E-state index in [1.54, 1.807) is 0 Å². The number of rotatable bonds is 6. The summed E-state index contributed by atoms with van der Waals surface area (Å²) in [6.07, 6.45) is 1.96. The first kappa shape index (κ1) is 22.7. The van der Waals surface area contributed by atoms with E-state index in [4.69, 9.17) is 0 Å². The predicted molar refractivity (Wildman–Crippen MR) is 144 cm³/mol. The molecule has 35 heavy (non-hydrogen) atoms. The van der Waals surface area contributed by atoms with E-state index in [1.165, 1.54) is 22.2 Å². The number of thiophene rings is 1. The number of carbonyl (C=O) groups is 1. The Morgan fingerprint density at radius 2 is 1.69 bits per heavy atom. The van der Waals surface area contributed by atoms with E-state index < -0.39 is 6.04 Å². The molecular formula is C29H25N3O2S. The van der Waals surface area contributed by atoms with Crippen LogP contribution < -0.4 is 10.9 Å². The summed E-state index contributed by atoms with van der Waals surface area (Å²) < 4.78 is 1.46. The van der Waals surface area contributed by atoms with Gasteiger partial charge in [0.2, 0.25) is 5.91 Å². The van der Waals surface area contributed by atoms with Crippen molar-refractivity contribution in [3.63, 3.8) is 0 Å². The zero-order chi connectivity index (χ0) is 24.4. The lowest BCUT2D eigenvalue weighted by Crippen LogP contribution is -2.33. The van der Waals surface area contributed by atoms with Crippen LogP contribution in [-0.4, -0.2) is 15.5 Å². The van der Waals surface area contributed by atoms with Crippen molar-refractivity contribution in [2.24, 2.45) is 0 Å². The molecule has 1 N–H and O–H groups in total. The van der Waals surface area contributed by atoms with Crippen molar-refractivity contribution in [3.8, 4) is 22.3 Å². The molecule has 0 saturated heterocycles. The van der Waals surface area contributed by atoms with E-state index in [9.17, 15) is 9.59 Å². The Morgan fingerprint density at radius 3 is 2.40 bits per heavy atom. The molecule has 5 rings (SSSR count). The van der Waals surface area contributed by atoms with E-state index >= 15 is 0 Å². The lowest BCUT2D eigenvalue weighted by atomic mass is 10.0. The minimum Gasteiger partial charge on any atom is -0.324 e. The monoisotopic (exact) mass is 479 g/mol. The zero-order valence-corrected chi connectivity index (χ0v) is 20.4. The molecule has 174 valence electrons. The maximum Gasteiger partial charge on any atom is 0.263 e. The number of hydrogen-bond donors (Lipinski definition) is 1. The number of hydrogen-bond acceptors (Lipinski definition) is 4. The molecule has 5 nitrogen and oxygen atoms in total. The Labute approximate surface area is 207 Å². The van der Waals surface area contributed by atoms with Gasteiger partial charge in [-0.2, -0.15) is 0 Å². The molecule has 0 fully saturated rings. The van der Waals surface area contributed by atoms with Crippen molar-refractivity contribution >= 4 is 33.1 Å². The average Bonchev–Trinajstić information content (AvgIpc) is 3.31. The molecule has 0 spiro atoms. The fourth-order valence-corrected chi connectivity index (χ4v) is 5.22. The molecule has 1 amide bonds. The van der Waals surface area contributed by atoms with Crippen LogP contribution in [-0.2, 0) is 4.79 Å². The number of aromatic nitrogens is 2. The number of nitrogens with zero attached hydrogens (tertiary/aromatic N) is 2. The van der Waals surface area contributed by atoms with Crippen molar-refractivity contribution in [2.75, 3.05) is 5.32 Å². The van der Waals surface area contributed by atoms with Gasteiger partial charge in [0, 0.05) is 16.6 Å². The van der Waals surface area contributed by atoms with E-state index in [1.807, 2.05) is 73.8 Å². The Bertz CT molecular complexity index is 1550. The molecule has 0 aliphatic heterocycles. The van der Waals surface area contributed by atoms with Crippen molar-refractivity contribution in [1.82, 2.24) is 9.55 Å². The summed E-state index contributed by atoms with van der Waals surface area (Å²) in [5.74, 6) is -0.231. The van der Waals surface area contributed by atoms with Crippen LogP contribution in [0, 0.1) is 6.92 Å².